The van der Waals surface area contributed by atoms with Gasteiger partial charge in [0.2, 0.25) is 0 Å². The van der Waals surface area contributed by atoms with Gasteiger partial charge in [0.1, 0.15) is 6.33 Å². The number of hydrogen-bond donors (Lipinski definition) is 1. The van der Waals surface area contributed by atoms with Crippen molar-refractivity contribution < 1.29 is 9.90 Å². The van der Waals surface area contributed by atoms with Gasteiger partial charge in [-0.15, -0.1) is 0 Å². The number of carbonyl (C=O) groups is 1. The number of aryl methyl sites for hydroxylation is 1. The summed E-state index contributed by atoms with van der Waals surface area (Å²) in [6.45, 7) is 0. The minimum Gasteiger partial charge on any atom is -0.481 e. The minimum absolute atomic E-state index is 0.132. The highest BCUT2D eigenvalue weighted by Crippen LogP contribution is 1.97. The van der Waals surface area contributed by atoms with E-state index in [-0.39, 0.29) is 6.42 Å². The zero-order valence-electron chi connectivity index (χ0n) is 5.90. The molecular formula is C7H8N2O2. The molecule has 11 heavy (non-hydrogen) atoms. The molecule has 0 aliphatic heterocycles. The molecule has 0 aliphatic carbocycles. The van der Waals surface area contributed by atoms with Crippen LogP contribution >= 0.6 is 0 Å². The maximum atomic E-state index is 10.1. The molecule has 0 fully saturated rings. The van der Waals surface area contributed by atoms with Crippen LogP contribution in [0.15, 0.2) is 18.7 Å². The fourth-order valence-corrected chi connectivity index (χ4v) is 0.710. The van der Waals surface area contributed by atoms with Gasteiger partial charge in [0.05, 0.1) is 0 Å². The van der Waals surface area contributed by atoms with Crippen LogP contribution in [0.4, 0.5) is 0 Å². The fraction of sp³-hybridized carbons (Fsp3) is 0.286. The van der Waals surface area contributed by atoms with Crippen molar-refractivity contribution in [2.24, 2.45) is 0 Å². The predicted molar refractivity (Wildman–Crippen MR) is 38.0 cm³/mol. The highest BCUT2D eigenvalue weighted by Gasteiger charge is 1.97. The molecule has 1 heterocycles. The topological polar surface area (TPSA) is 63.1 Å². The van der Waals surface area contributed by atoms with Crippen LogP contribution in [0, 0.1) is 0 Å². The van der Waals surface area contributed by atoms with Crippen molar-refractivity contribution in [3.05, 3.63) is 24.3 Å². The molecule has 1 aromatic rings. The highest BCUT2D eigenvalue weighted by molar-refractivity contribution is 5.66. The van der Waals surface area contributed by atoms with Crippen LogP contribution in [0.3, 0.4) is 0 Å². The van der Waals surface area contributed by atoms with E-state index in [9.17, 15) is 4.79 Å². The first-order valence-corrected chi connectivity index (χ1v) is 3.24. The molecule has 0 bridgehead atoms. The lowest BCUT2D eigenvalue weighted by atomic mass is 10.2. The second-order valence-corrected chi connectivity index (χ2v) is 2.14. The Morgan fingerprint density at radius 3 is 2.64 bits per heavy atom. The van der Waals surface area contributed by atoms with E-state index >= 15 is 0 Å². The summed E-state index contributed by atoms with van der Waals surface area (Å²) >= 11 is 0. The lowest BCUT2D eigenvalue weighted by Crippen LogP contribution is -1.97. The van der Waals surface area contributed by atoms with E-state index in [0.717, 1.165) is 5.56 Å². The van der Waals surface area contributed by atoms with Gasteiger partial charge in [-0.05, 0) is 12.0 Å². The van der Waals surface area contributed by atoms with Crippen molar-refractivity contribution in [1.82, 2.24) is 9.97 Å². The van der Waals surface area contributed by atoms with Gasteiger partial charge in [-0.1, -0.05) is 0 Å². The minimum atomic E-state index is -0.797. The average Bonchev–Trinajstić information content (AvgIpc) is 2.03. The fourth-order valence-electron chi connectivity index (χ4n) is 0.710. The second kappa shape index (κ2) is 3.65. The van der Waals surface area contributed by atoms with Gasteiger partial charge in [-0.3, -0.25) is 4.79 Å². The van der Waals surface area contributed by atoms with Gasteiger partial charge in [-0.2, -0.15) is 0 Å². The van der Waals surface area contributed by atoms with E-state index in [1.165, 1.54) is 6.33 Å². The summed E-state index contributed by atoms with van der Waals surface area (Å²) in [5.41, 5.74) is 0.856. The number of aromatic nitrogens is 2. The zero-order chi connectivity index (χ0) is 8.10. The normalized spacial score (nSPS) is 9.45. The number of hydrogen-bond acceptors (Lipinski definition) is 3. The van der Waals surface area contributed by atoms with Crippen molar-refractivity contribution in [2.75, 3.05) is 0 Å². The Morgan fingerprint density at radius 2 is 2.09 bits per heavy atom. The summed E-state index contributed by atoms with van der Waals surface area (Å²) in [6.07, 6.45) is 5.29. The maximum Gasteiger partial charge on any atom is 0.303 e. The molecule has 0 saturated heterocycles. The highest BCUT2D eigenvalue weighted by atomic mass is 16.4. The van der Waals surface area contributed by atoms with E-state index < -0.39 is 5.97 Å². The van der Waals surface area contributed by atoms with Crippen molar-refractivity contribution in [3.63, 3.8) is 0 Å². The smallest absolute Gasteiger partial charge is 0.303 e. The van der Waals surface area contributed by atoms with Gasteiger partial charge >= 0.3 is 5.97 Å². The predicted octanol–water partition coefficient (Wildman–Crippen LogP) is 0.494. The number of carboxylic acids is 1. The third-order valence-electron chi connectivity index (χ3n) is 1.24. The Labute approximate surface area is 63.9 Å². The average molecular weight is 152 g/mol. The van der Waals surface area contributed by atoms with Crippen LogP contribution in [0.2, 0.25) is 0 Å². The standard InChI is InChI=1S/C7H8N2O2/c10-7(11)2-1-6-3-8-5-9-4-6/h3-5H,1-2H2,(H,10,11). The Hall–Kier alpha value is -1.45. The Bertz CT molecular complexity index is 235. The summed E-state index contributed by atoms with van der Waals surface area (Å²) in [5, 5.41) is 8.33. The van der Waals surface area contributed by atoms with Crippen LogP contribution in [-0.4, -0.2) is 21.0 Å². The van der Waals surface area contributed by atoms with Gasteiger partial charge in [0, 0.05) is 18.8 Å². The molecule has 4 heteroatoms. The van der Waals surface area contributed by atoms with Crippen LogP contribution < -0.4 is 0 Å². The first-order valence-electron chi connectivity index (χ1n) is 3.24. The van der Waals surface area contributed by atoms with Gasteiger partial charge < -0.3 is 5.11 Å². The van der Waals surface area contributed by atoms with Gasteiger partial charge in [0.25, 0.3) is 0 Å². The maximum absolute atomic E-state index is 10.1. The van der Waals surface area contributed by atoms with E-state index in [1.807, 2.05) is 0 Å². The van der Waals surface area contributed by atoms with Crippen LogP contribution in [0.5, 0.6) is 0 Å². The molecule has 0 aromatic carbocycles. The monoisotopic (exact) mass is 152 g/mol. The molecule has 1 aromatic heterocycles. The largest absolute Gasteiger partial charge is 0.481 e. The van der Waals surface area contributed by atoms with Gasteiger partial charge in [0.15, 0.2) is 0 Å². The van der Waals surface area contributed by atoms with Crippen molar-refractivity contribution >= 4 is 5.97 Å². The third kappa shape index (κ3) is 2.75. The Morgan fingerprint density at radius 1 is 1.45 bits per heavy atom. The number of aliphatic carboxylic acids is 1. The lowest BCUT2D eigenvalue weighted by Gasteiger charge is -1.94. The van der Waals surface area contributed by atoms with E-state index in [2.05, 4.69) is 9.97 Å². The molecule has 1 N–H and O–H groups in total. The molecule has 0 amide bonds. The molecule has 58 valence electrons. The van der Waals surface area contributed by atoms with Crippen molar-refractivity contribution in [2.45, 2.75) is 12.8 Å². The van der Waals surface area contributed by atoms with Crippen LogP contribution in [-0.2, 0) is 11.2 Å². The second-order valence-electron chi connectivity index (χ2n) is 2.14. The molecule has 0 saturated carbocycles. The van der Waals surface area contributed by atoms with E-state index in [4.69, 9.17) is 5.11 Å². The molecular weight excluding hydrogens is 144 g/mol. The number of nitrogens with zero attached hydrogens (tertiary/aromatic N) is 2. The molecule has 0 aliphatic rings. The van der Waals surface area contributed by atoms with Crippen LogP contribution in [0.25, 0.3) is 0 Å². The Balaban J connectivity index is 2.45. The number of carboxylic acid groups (broad SMARTS) is 1. The van der Waals surface area contributed by atoms with Crippen molar-refractivity contribution in [1.29, 1.82) is 0 Å². The van der Waals surface area contributed by atoms with Crippen molar-refractivity contribution in [3.8, 4) is 0 Å². The third-order valence-corrected chi connectivity index (χ3v) is 1.24. The number of rotatable bonds is 3. The summed E-state index contributed by atoms with van der Waals surface area (Å²) in [5.74, 6) is -0.797. The molecule has 0 unspecified atom stereocenters. The molecule has 0 atom stereocenters. The molecule has 4 nitrogen and oxygen atoms in total. The molecule has 1 rings (SSSR count). The van der Waals surface area contributed by atoms with Crippen LogP contribution in [0.1, 0.15) is 12.0 Å². The van der Waals surface area contributed by atoms with E-state index in [0.29, 0.717) is 6.42 Å². The summed E-state index contributed by atoms with van der Waals surface area (Å²) in [4.78, 5) is 17.6. The zero-order valence-corrected chi connectivity index (χ0v) is 5.90. The summed E-state index contributed by atoms with van der Waals surface area (Å²) in [7, 11) is 0. The van der Waals surface area contributed by atoms with E-state index in [1.54, 1.807) is 12.4 Å². The summed E-state index contributed by atoms with van der Waals surface area (Å²) in [6, 6.07) is 0. The molecule has 0 radical (unpaired) electrons. The summed E-state index contributed by atoms with van der Waals surface area (Å²) < 4.78 is 0. The SMILES string of the molecule is O=C(O)CCc1cncnc1. The quantitative estimate of drug-likeness (QED) is 0.684. The first-order chi connectivity index (χ1) is 5.29. The first kappa shape index (κ1) is 7.65. The lowest BCUT2D eigenvalue weighted by molar-refractivity contribution is -0.136. The Kier molecular flexibility index (Phi) is 2.54. The van der Waals surface area contributed by atoms with Gasteiger partial charge in [-0.25, -0.2) is 9.97 Å². The molecule has 0 spiro atoms.